The second kappa shape index (κ2) is 12.2. The van der Waals surface area contributed by atoms with E-state index in [-0.39, 0.29) is 35.8 Å². The van der Waals surface area contributed by atoms with Crippen molar-refractivity contribution >= 4 is 11.8 Å². The standard InChI is InChI=1S/C25H30F2N2O5/c1-3-32-22-15-18(9-10-21(22)34-25(26)27)16-28(2)24(31)19-11-13-29(14-12-19)23(30)17-33-20-7-5-4-6-8-20/h4-10,15,19,25H,3,11-14,16-17H2,1-2H3. The Kier molecular flexibility index (Phi) is 9.07. The third kappa shape index (κ3) is 7.07. The van der Waals surface area contributed by atoms with E-state index in [0.29, 0.717) is 44.8 Å². The number of alkyl halides is 2. The van der Waals surface area contributed by atoms with Gasteiger partial charge in [-0.1, -0.05) is 24.3 Å². The highest BCUT2D eigenvalue weighted by molar-refractivity contribution is 5.80. The van der Waals surface area contributed by atoms with E-state index in [0.717, 1.165) is 5.56 Å². The third-order valence-corrected chi connectivity index (χ3v) is 5.62. The van der Waals surface area contributed by atoms with Crippen LogP contribution in [0.25, 0.3) is 0 Å². The fourth-order valence-corrected chi connectivity index (χ4v) is 3.90. The molecule has 0 atom stereocenters. The molecule has 1 aliphatic rings. The highest BCUT2D eigenvalue weighted by Crippen LogP contribution is 2.30. The second-order valence-corrected chi connectivity index (χ2v) is 8.04. The number of carbonyl (C=O) groups excluding carboxylic acids is 2. The summed E-state index contributed by atoms with van der Waals surface area (Å²) in [5.41, 5.74) is 0.742. The predicted octanol–water partition coefficient (Wildman–Crippen LogP) is 3.96. The quantitative estimate of drug-likeness (QED) is 0.519. The van der Waals surface area contributed by atoms with Crippen molar-refractivity contribution in [2.45, 2.75) is 32.9 Å². The van der Waals surface area contributed by atoms with Crippen LogP contribution in [-0.2, 0) is 16.1 Å². The van der Waals surface area contributed by atoms with E-state index >= 15 is 0 Å². The van der Waals surface area contributed by atoms with E-state index in [9.17, 15) is 18.4 Å². The zero-order valence-electron chi connectivity index (χ0n) is 19.4. The molecule has 0 bridgehead atoms. The molecule has 1 aliphatic heterocycles. The van der Waals surface area contributed by atoms with Crippen LogP contribution in [-0.4, -0.2) is 61.6 Å². The average Bonchev–Trinajstić information content (AvgIpc) is 2.84. The van der Waals surface area contributed by atoms with Gasteiger partial charge in [0.05, 0.1) is 6.61 Å². The summed E-state index contributed by atoms with van der Waals surface area (Å²) >= 11 is 0. The van der Waals surface area contributed by atoms with Crippen molar-refractivity contribution in [1.29, 1.82) is 0 Å². The number of nitrogens with zero attached hydrogens (tertiary/aromatic N) is 2. The SMILES string of the molecule is CCOc1cc(CN(C)C(=O)C2CCN(C(=O)COc3ccccc3)CC2)ccc1OC(F)F. The number of amides is 2. The van der Waals surface area contributed by atoms with Crippen molar-refractivity contribution < 1.29 is 32.6 Å². The number of carbonyl (C=O) groups is 2. The Morgan fingerprint density at radius 3 is 2.41 bits per heavy atom. The minimum absolute atomic E-state index is 0.0153. The van der Waals surface area contributed by atoms with Gasteiger partial charge in [-0.25, -0.2) is 0 Å². The molecule has 9 heteroatoms. The molecule has 0 saturated carbocycles. The van der Waals surface area contributed by atoms with E-state index in [1.54, 1.807) is 48.0 Å². The van der Waals surface area contributed by atoms with Crippen LogP contribution >= 0.6 is 0 Å². The summed E-state index contributed by atoms with van der Waals surface area (Å²) in [6, 6.07) is 13.8. The van der Waals surface area contributed by atoms with Crippen molar-refractivity contribution in [3.63, 3.8) is 0 Å². The summed E-state index contributed by atoms with van der Waals surface area (Å²) in [4.78, 5) is 28.7. The van der Waals surface area contributed by atoms with E-state index in [2.05, 4.69) is 4.74 Å². The second-order valence-electron chi connectivity index (χ2n) is 8.04. The molecule has 0 N–H and O–H groups in total. The summed E-state index contributed by atoms with van der Waals surface area (Å²) in [5.74, 6) is 0.519. The average molecular weight is 477 g/mol. The lowest BCUT2D eigenvalue weighted by Crippen LogP contribution is -2.44. The molecule has 2 amide bonds. The minimum atomic E-state index is -2.95. The summed E-state index contributed by atoms with van der Waals surface area (Å²) < 4.78 is 40.6. The van der Waals surface area contributed by atoms with Crippen LogP contribution in [0.15, 0.2) is 48.5 Å². The normalized spacial score (nSPS) is 14.1. The highest BCUT2D eigenvalue weighted by Gasteiger charge is 2.29. The molecule has 1 fully saturated rings. The fourth-order valence-electron chi connectivity index (χ4n) is 3.90. The molecule has 0 unspecified atom stereocenters. The van der Waals surface area contributed by atoms with Gasteiger partial charge >= 0.3 is 6.61 Å². The zero-order valence-corrected chi connectivity index (χ0v) is 19.4. The van der Waals surface area contributed by atoms with Crippen LogP contribution in [0.4, 0.5) is 8.78 Å². The summed E-state index contributed by atoms with van der Waals surface area (Å²) in [5, 5.41) is 0. The van der Waals surface area contributed by atoms with Crippen molar-refractivity contribution in [3.8, 4) is 17.2 Å². The Labute approximate surface area is 198 Å². The van der Waals surface area contributed by atoms with Crippen molar-refractivity contribution in [1.82, 2.24) is 9.80 Å². The molecular weight excluding hydrogens is 446 g/mol. The van der Waals surface area contributed by atoms with Crippen LogP contribution < -0.4 is 14.2 Å². The third-order valence-electron chi connectivity index (χ3n) is 5.62. The first-order valence-electron chi connectivity index (χ1n) is 11.3. The van der Waals surface area contributed by atoms with Gasteiger partial charge in [-0.15, -0.1) is 0 Å². The topological polar surface area (TPSA) is 68.3 Å². The monoisotopic (exact) mass is 476 g/mol. The predicted molar refractivity (Wildman–Crippen MR) is 122 cm³/mol. The molecule has 2 aromatic carbocycles. The molecule has 0 aliphatic carbocycles. The summed E-state index contributed by atoms with van der Waals surface area (Å²) in [6.45, 7) is 0.362. The van der Waals surface area contributed by atoms with Gasteiger partial charge in [0.15, 0.2) is 18.1 Å². The molecule has 184 valence electrons. The lowest BCUT2D eigenvalue weighted by Gasteiger charge is -2.33. The molecule has 3 rings (SSSR count). The Morgan fingerprint density at radius 2 is 1.76 bits per heavy atom. The van der Waals surface area contributed by atoms with Gasteiger partial charge in [0.1, 0.15) is 5.75 Å². The van der Waals surface area contributed by atoms with Crippen LogP contribution in [0.1, 0.15) is 25.3 Å². The number of benzene rings is 2. The van der Waals surface area contributed by atoms with Gasteiger partial charge in [-0.3, -0.25) is 9.59 Å². The summed E-state index contributed by atoms with van der Waals surface area (Å²) in [6.07, 6.45) is 1.15. The van der Waals surface area contributed by atoms with Crippen LogP contribution in [0.5, 0.6) is 17.2 Å². The highest BCUT2D eigenvalue weighted by atomic mass is 19.3. The number of ether oxygens (including phenoxy) is 3. The lowest BCUT2D eigenvalue weighted by molar-refractivity contribution is -0.141. The van der Waals surface area contributed by atoms with Gasteiger partial charge in [0.25, 0.3) is 5.91 Å². The molecule has 7 nitrogen and oxygen atoms in total. The smallest absolute Gasteiger partial charge is 0.387 e. The largest absolute Gasteiger partial charge is 0.490 e. The van der Waals surface area contributed by atoms with E-state index < -0.39 is 6.61 Å². The maximum absolute atomic E-state index is 13.0. The maximum Gasteiger partial charge on any atom is 0.387 e. The Bertz CT molecular complexity index is 950. The maximum atomic E-state index is 13.0. The number of likely N-dealkylation sites (tertiary alicyclic amines) is 1. The molecule has 34 heavy (non-hydrogen) atoms. The molecule has 1 heterocycles. The Morgan fingerprint density at radius 1 is 1.06 bits per heavy atom. The van der Waals surface area contributed by atoms with Gasteiger partial charge in [0.2, 0.25) is 5.91 Å². The minimum Gasteiger partial charge on any atom is -0.490 e. The number of halogens is 2. The van der Waals surface area contributed by atoms with Gasteiger partial charge in [0, 0.05) is 32.6 Å². The summed E-state index contributed by atoms with van der Waals surface area (Å²) in [7, 11) is 1.71. The molecule has 0 radical (unpaired) electrons. The Hall–Kier alpha value is -3.36. The molecule has 2 aromatic rings. The molecule has 0 spiro atoms. The van der Waals surface area contributed by atoms with Gasteiger partial charge < -0.3 is 24.0 Å². The molecular formula is C25H30F2N2O5. The van der Waals surface area contributed by atoms with E-state index in [1.807, 2.05) is 18.2 Å². The molecule has 0 aromatic heterocycles. The lowest BCUT2D eigenvalue weighted by atomic mass is 9.95. The van der Waals surface area contributed by atoms with Gasteiger partial charge in [-0.2, -0.15) is 8.78 Å². The fraction of sp³-hybridized carbons (Fsp3) is 0.440. The first kappa shape index (κ1) is 25.3. The van der Waals surface area contributed by atoms with Crippen LogP contribution in [0, 0.1) is 5.92 Å². The van der Waals surface area contributed by atoms with Crippen LogP contribution in [0.2, 0.25) is 0 Å². The first-order chi connectivity index (χ1) is 16.4. The van der Waals surface area contributed by atoms with Crippen molar-refractivity contribution in [2.75, 3.05) is 33.4 Å². The Balaban J connectivity index is 1.49. The zero-order chi connectivity index (χ0) is 24.5. The van der Waals surface area contributed by atoms with Gasteiger partial charge in [-0.05, 0) is 49.6 Å². The number of rotatable bonds is 10. The number of hydrogen-bond donors (Lipinski definition) is 0. The molecule has 1 saturated heterocycles. The first-order valence-corrected chi connectivity index (χ1v) is 11.3. The van der Waals surface area contributed by atoms with Crippen molar-refractivity contribution in [2.24, 2.45) is 5.92 Å². The van der Waals surface area contributed by atoms with Crippen LogP contribution in [0.3, 0.4) is 0 Å². The number of hydrogen-bond acceptors (Lipinski definition) is 5. The van der Waals surface area contributed by atoms with Crippen molar-refractivity contribution in [3.05, 3.63) is 54.1 Å². The van der Waals surface area contributed by atoms with E-state index in [4.69, 9.17) is 9.47 Å². The number of piperidine rings is 1. The van der Waals surface area contributed by atoms with E-state index in [1.165, 1.54) is 6.07 Å². The number of para-hydroxylation sites is 1.